The van der Waals surface area contributed by atoms with Gasteiger partial charge in [-0.25, -0.2) is 4.39 Å². The van der Waals surface area contributed by atoms with E-state index in [4.69, 9.17) is 0 Å². The number of nitrogens with zero attached hydrogens (tertiary/aromatic N) is 1. The van der Waals surface area contributed by atoms with Gasteiger partial charge in [0.2, 0.25) is 0 Å². The zero-order valence-corrected chi connectivity index (χ0v) is 13.5. The van der Waals surface area contributed by atoms with Gasteiger partial charge in [-0.05, 0) is 56.9 Å². The number of nitrogens with one attached hydrogen (secondary N) is 1. The molecule has 0 bridgehead atoms. The predicted molar refractivity (Wildman–Crippen MR) is 84.8 cm³/mol. The number of halogens is 1. The van der Waals surface area contributed by atoms with Crippen LogP contribution in [0.3, 0.4) is 0 Å². The van der Waals surface area contributed by atoms with Crippen LogP contribution in [0.2, 0.25) is 0 Å². The van der Waals surface area contributed by atoms with Crippen LogP contribution >= 0.6 is 0 Å². The molecule has 1 spiro atoms. The van der Waals surface area contributed by atoms with Crippen LogP contribution in [-0.2, 0) is 6.54 Å². The summed E-state index contributed by atoms with van der Waals surface area (Å²) in [5, 5.41) is 3.73. The molecule has 1 aromatic rings. The van der Waals surface area contributed by atoms with Gasteiger partial charge in [-0.15, -0.1) is 0 Å². The molecule has 1 N–H and O–H groups in total. The van der Waals surface area contributed by atoms with Gasteiger partial charge in [-0.1, -0.05) is 18.9 Å². The lowest BCUT2D eigenvalue weighted by atomic mass is 9.86. The van der Waals surface area contributed by atoms with Crippen LogP contribution in [-0.4, -0.2) is 29.1 Å². The van der Waals surface area contributed by atoms with Gasteiger partial charge < -0.3 is 5.32 Å². The summed E-state index contributed by atoms with van der Waals surface area (Å²) < 4.78 is 13.3. The van der Waals surface area contributed by atoms with Crippen LogP contribution in [0.4, 0.5) is 4.39 Å². The Morgan fingerprint density at radius 1 is 1.24 bits per heavy atom. The van der Waals surface area contributed by atoms with Crippen LogP contribution in [0.1, 0.15) is 50.7 Å². The van der Waals surface area contributed by atoms with Crippen LogP contribution in [0.25, 0.3) is 0 Å². The van der Waals surface area contributed by atoms with Crippen molar-refractivity contribution in [2.45, 2.75) is 64.1 Å². The van der Waals surface area contributed by atoms with E-state index in [2.05, 4.69) is 24.1 Å². The normalized spacial score (nSPS) is 24.6. The van der Waals surface area contributed by atoms with Crippen molar-refractivity contribution in [2.24, 2.45) is 0 Å². The summed E-state index contributed by atoms with van der Waals surface area (Å²) in [6.07, 6.45) is 5.24. The van der Waals surface area contributed by atoms with Gasteiger partial charge in [-0.2, -0.15) is 0 Å². The van der Waals surface area contributed by atoms with Crippen molar-refractivity contribution in [3.63, 3.8) is 0 Å². The van der Waals surface area contributed by atoms with Crippen molar-refractivity contribution < 1.29 is 4.39 Å². The summed E-state index contributed by atoms with van der Waals surface area (Å²) in [6.45, 7) is 9.66. The highest BCUT2D eigenvalue weighted by Gasteiger charge is 2.45. The summed E-state index contributed by atoms with van der Waals surface area (Å²) in [7, 11) is 0. The standard InChI is InChI=1S/C18H27FN2/c1-14-10-16(19)7-6-15(14)11-21-13-17(2,3)20-12-18(21)8-4-5-9-18/h6-7,10,20H,4-5,8-9,11-13H2,1-3H3. The molecule has 21 heavy (non-hydrogen) atoms. The minimum atomic E-state index is -0.132. The summed E-state index contributed by atoms with van der Waals surface area (Å²) in [4.78, 5) is 2.66. The average molecular weight is 290 g/mol. The molecule has 0 aromatic heterocycles. The molecule has 0 radical (unpaired) electrons. The maximum absolute atomic E-state index is 13.3. The number of hydrogen-bond acceptors (Lipinski definition) is 2. The Morgan fingerprint density at radius 2 is 1.95 bits per heavy atom. The Balaban J connectivity index is 1.85. The van der Waals surface area contributed by atoms with E-state index in [-0.39, 0.29) is 11.4 Å². The molecule has 1 aliphatic heterocycles. The van der Waals surface area contributed by atoms with Crippen LogP contribution < -0.4 is 5.32 Å². The zero-order valence-electron chi connectivity index (χ0n) is 13.5. The fourth-order valence-electron chi connectivity index (χ4n) is 4.01. The molecule has 2 fully saturated rings. The van der Waals surface area contributed by atoms with E-state index >= 15 is 0 Å². The molecule has 2 nitrogen and oxygen atoms in total. The number of benzene rings is 1. The first kappa shape index (κ1) is 15.0. The van der Waals surface area contributed by atoms with Gasteiger partial charge in [-0.3, -0.25) is 4.90 Å². The monoisotopic (exact) mass is 290 g/mol. The molecule has 116 valence electrons. The minimum Gasteiger partial charge on any atom is -0.309 e. The van der Waals surface area contributed by atoms with Crippen LogP contribution in [0.15, 0.2) is 18.2 Å². The van der Waals surface area contributed by atoms with E-state index in [1.807, 2.05) is 13.0 Å². The van der Waals surface area contributed by atoms with Crippen molar-refractivity contribution >= 4 is 0 Å². The molecule has 1 aliphatic carbocycles. The molecule has 3 heteroatoms. The fraction of sp³-hybridized carbons (Fsp3) is 0.667. The second-order valence-electron chi connectivity index (χ2n) is 7.60. The van der Waals surface area contributed by atoms with Gasteiger partial charge in [0.25, 0.3) is 0 Å². The van der Waals surface area contributed by atoms with Crippen molar-refractivity contribution in [1.29, 1.82) is 0 Å². The van der Waals surface area contributed by atoms with Gasteiger partial charge in [0, 0.05) is 30.7 Å². The Bertz CT molecular complexity index is 518. The Morgan fingerprint density at radius 3 is 2.62 bits per heavy atom. The summed E-state index contributed by atoms with van der Waals surface area (Å²) in [6, 6.07) is 5.21. The molecular weight excluding hydrogens is 263 g/mol. The number of rotatable bonds is 2. The molecule has 2 aliphatic rings. The molecular formula is C18H27FN2. The Kier molecular flexibility index (Phi) is 3.83. The summed E-state index contributed by atoms with van der Waals surface area (Å²) in [5.41, 5.74) is 2.80. The summed E-state index contributed by atoms with van der Waals surface area (Å²) in [5.74, 6) is -0.132. The average Bonchev–Trinajstić information content (AvgIpc) is 2.87. The first-order valence-electron chi connectivity index (χ1n) is 8.15. The molecule has 1 saturated carbocycles. The third-order valence-corrected chi connectivity index (χ3v) is 5.35. The molecule has 3 rings (SSSR count). The Labute approximate surface area is 127 Å². The lowest BCUT2D eigenvalue weighted by molar-refractivity contribution is 0.0120. The van der Waals surface area contributed by atoms with E-state index in [9.17, 15) is 4.39 Å². The lowest BCUT2D eigenvalue weighted by Gasteiger charge is -2.51. The maximum Gasteiger partial charge on any atom is 0.123 e. The largest absolute Gasteiger partial charge is 0.309 e. The quantitative estimate of drug-likeness (QED) is 0.895. The van der Waals surface area contributed by atoms with Crippen LogP contribution in [0.5, 0.6) is 0 Å². The van der Waals surface area contributed by atoms with Gasteiger partial charge in [0.05, 0.1) is 0 Å². The fourth-order valence-corrected chi connectivity index (χ4v) is 4.01. The van der Waals surface area contributed by atoms with Crippen molar-refractivity contribution in [3.8, 4) is 0 Å². The lowest BCUT2D eigenvalue weighted by Crippen LogP contribution is -2.67. The van der Waals surface area contributed by atoms with Gasteiger partial charge >= 0.3 is 0 Å². The molecule has 0 unspecified atom stereocenters. The molecule has 1 aromatic carbocycles. The van der Waals surface area contributed by atoms with Crippen molar-refractivity contribution in [2.75, 3.05) is 13.1 Å². The van der Waals surface area contributed by atoms with Crippen molar-refractivity contribution in [3.05, 3.63) is 35.1 Å². The molecule has 0 atom stereocenters. The Hall–Kier alpha value is -0.930. The first-order valence-corrected chi connectivity index (χ1v) is 8.15. The van der Waals surface area contributed by atoms with E-state index in [0.717, 1.165) is 25.2 Å². The van der Waals surface area contributed by atoms with E-state index in [1.165, 1.54) is 31.2 Å². The van der Waals surface area contributed by atoms with Crippen molar-refractivity contribution in [1.82, 2.24) is 10.2 Å². The smallest absolute Gasteiger partial charge is 0.123 e. The topological polar surface area (TPSA) is 15.3 Å². The first-order chi connectivity index (χ1) is 9.90. The SMILES string of the molecule is Cc1cc(F)ccc1CN1CC(C)(C)NCC12CCCC2. The summed E-state index contributed by atoms with van der Waals surface area (Å²) >= 11 is 0. The second-order valence-corrected chi connectivity index (χ2v) is 7.60. The van der Waals surface area contributed by atoms with Gasteiger partial charge in [0.1, 0.15) is 5.82 Å². The second kappa shape index (κ2) is 5.36. The van der Waals surface area contributed by atoms with Gasteiger partial charge in [0.15, 0.2) is 0 Å². The highest BCUT2D eigenvalue weighted by atomic mass is 19.1. The minimum absolute atomic E-state index is 0.132. The van der Waals surface area contributed by atoms with Crippen LogP contribution in [0, 0.1) is 12.7 Å². The molecule has 1 heterocycles. The number of aryl methyl sites for hydroxylation is 1. The highest BCUT2D eigenvalue weighted by molar-refractivity contribution is 5.27. The number of piperazine rings is 1. The van der Waals surface area contributed by atoms with E-state index < -0.39 is 0 Å². The number of hydrogen-bond donors (Lipinski definition) is 1. The highest BCUT2D eigenvalue weighted by Crippen LogP contribution is 2.39. The third-order valence-electron chi connectivity index (χ3n) is 5.35. The maximum atomic E-state index is 13.3. The van der Waals surface area contributed by atoms with E-state index in [0.29, 0.717) is 5.54 Å². The third kappa shape index (κ3) is 3.00. The molecule has 0 amide bonds. The molecule has 1 saturated heterocycles. The van der Waals surface area contributed by atoms with E-state index in [1.54, 1.807) is 12.1 Å². The predicted octanol–water partition coefficient (Wildman–Crippen LogP) is 3.63. The zero-order chi connectivity index (χ0) is 15.1.